The molecule has 2 atom stereocenters. The summed E-state index contributed by atoms with van der Waals surface area (Å²) >= 11 is 0. The molecule has 0 fully saturated rings. The minimum atomic E-state index is -0.154. The molecule has 3 N–H and O–H groups in total. The van der Waals surface area contributed by atoms with Crippen LogP contribution in [0.5, 0.6) is 0 Å². The highest BCUT2D eigenvalue weighted by molar-refractivity contribution is 6.11. The van der Waals surface area contributed by atoms with Crippen molar-refractivity contribution in [2.24, 2.45) is 24.1 Å². The van der Waals surface area contributed by atoms with Gasteiger partial charge in [0.05, 0.1) is 0 Å². The Morgan fingerprint density at radius 3 is 1.81 bits per heavy atom. The van der Waals surface area contributed by atoms with Crippen LogP contribution in [0.2, 0.25) is 0 Å². The number of aromatic nitrogens is 2. The van der Waals surface area contributed by atoms with Crippen molar-refractivity contribution in [2.75, 3.05) is 17.7 Å². The molecule has 0 saturated carbocycles. The molecule has 0 spiro atoms. The summed E-state index contributed by atoms with van der Waals surface area (Å²) in [4.78, 5) is 12.9. The van der Waals surface area contributed by atoms with Gasteiger partial charge in [0.1, 0.15) is 47.3 Å². The molecule has 6 aromatic rings. The zero-order valence-electron chi connectivity index (χ0n) is 24.1. The maximum Gasteiger partial charge on any atom is 0.144 e. The maximum absolute atomic E-state index is 5.39. The quantitative estimate of drug-likeness (QED) is 0.188. The van der Waals surface area contributed by atoms with Crippen LogP contribution in [0, 0.1) is 0 Å². The number of benzene rings is 4. The molecule has 0 radical (unpaired) electrons. The van der Waals surface area contributed by atoms with Gasteiger partial charge in [0.25, 0.3) is 0 Å². The standard InChI is InChI=1S/C35H30N8/c1-41-30-22-14-6-8-16-24(22)32(41)39-34-26-18-10-11-19-27(26)35(43(34)3)40-33-25-17-9-7-15-23(25)31(42(33)2)38-29-21-13-5-4-12-20(21)28(36-29)37-30/h4-19,28,34,37,39H,1-3H3,(H,36,38)/b40-35-. The van der Waals surface area contributed by atoms with Crippen molar-refractivity contribution in [1.82, 2.24) is 19.4 Å². The van der Waals surface area contributed by atoms with Gasteiger partial charge in [-0.1, -0.05) is 97.1 Å². The van der Waals surface area contributed by atoms with E-state index in [-0.39, 0.29) is 12.3 Å². The number of nitrogens with one attached hydrogen (secondary N) is 3. The predicted molar refractivity (Wildman–Crippen MR) is 175 cm³/mol. The Kier molecular flexibility index (Phi) is 4.91. The number of hydrogen-bond acceptors (Lipinski definition) is 6. The molecule has 2 unspecified atom stereocenters. The molecule has 3 aliphatic heterocycles. The summed E-state index contributed by atoms with van der Waals surface area (Å²) in [6, 6.07) is 34.0. The highest BCUT2D eigenvalue weighted by atomic mass is 15.4. The molecule has 0 aliphatic carbocycles. The van der Waals surface area contributed by atoms with Gasteiger partial charge in [-0.05, 0) is 0 Å². The number of anilines is 2. The molecule has 210 valence electrons. The number of fused-ring (bicyclic) bond motifs is 20. The maximum atomic E-state index is 5.39. The Morgan fingerprint density at radius 2 is 1.09 bits per heavy atom. The first kappa shape index (κ1) is 24.1. The number of rotatable bonds is 0. The van der Waals surface area contributed by atoms with Crippen molar-refractivity contribution in [1.29, 1.82) is 0 Å². The fourth-order valence-corrected chi connectivity index (χ4v) is 7.03. The van der Waals surface area contributed by atoms with E-state index in [1.807, 2.05) is 0 Å². The molecular weight excluding hydrogens is 532 g/mol. The fraction of sp³-hybridized carbons (Fsp3) is 0.143. The SMILES string of the molecule is CN1/C2=N\c3c4ccccc4c(n3C)/N=C3\NC(Nc4c5ccccc5c(n4C)NC1c1ccccc12)c1ccccc13. The van der Waals surface area contributed by atoms with Crippen molar-refractivity contribution >= 4 is 56.5 Å². The molecule has 3 aliphatic rings. The molecule has 43 heavy (non-hydrogen) atoms. The summed E-state index contributed by atoms with van der Waals surface area (Å²) in [6.07, 6.45) is -0.258. The minimum absolute atomic E-state index is 0.103. The molecule has 0 amide bonds. The molecule has 5 heterocycles. The van der Waals surface area contributed by atoms with Crippen LogP contribution in [-0.4, -0.2) is 32.8 Å². The van der Waals surface area contributed by atoms with Crippen molar-refractivity contribution in [3.8, 4) is 0 Å². The van der Waals surface area contributed by atoms with E-state index in [2.05, 4.69) is 148 Å². The molecule has 8 nitrogen and oxygen atoms in total. The van der Waals surface area contributed by atoms with Gasteiger partial charge in [-0.25, -0.2) is 9.98 Å². The van der Waals surface area contributed by atoms with Crippen molar-refractivity contribution in [3.05, 3.63) is 119 Å². The average molecular weight is 563 g/mol. The van der Waals surface area contributed by atoms with Crippen molar-refractivity contribution in [2.45, 2.75) is 12.3 Å². The van der Waals surface area contributed by atoms with E-state index in [0.717, 1.165) is 73.2 Å². The minimum Gasteiger partial charge on any atom is -0.347 e. The third kappa shape index (κ3) is 3.31. The molecule has 0 saturated heterocycles. The van der Waals surface area contributed by atoms with Crippen molar-refractivity contribution < 1.29 is 0 Å². The normalized spacial score (nSPS) is 20.9. The molecule has 8 bridgehead atoms. The summed E-state index contributed by atoms with van der Waals surface area (Å²) in [5, 5.41) is 15.9. The smallest absolute Gasteiger partial charge is 0.144 e. The van der Waals surface area contributed by atoms with Crippen LogP contribution in [0.3, 0.4) is 0 Å². The van der Waals surface area contributed by atoms with E-state index in [4.69, 9.17) is 9.98 Å². The number of hydrogen-bond donors (Lipinski definition) is 3. The molecular formula is C35H30N8. The van der Waals surface area contributed by atoms with Crippen LogP contribution in [0.4, 0.5) is 23.3 Å². The van der Waals surface area contributed by atoms with Gasteiger partial charge in [0.2, 0.25) is 0 Å². The zero-order chi connectivity index (χ0) is 28.8. The Bertz CT molecular complexity index is 2180. The van der Waals surface area contributed by atoms with Crippen LogP contribution in [0.25, 0.3) is 21.5 Å². The fourth-order valence-electron chi connectivity index (χ4n) is 7.03. The number of amidine groups is 2. The summed E-state index contributed by atoms with van der Waals surface area (Å²) in [7, 11) is 6.31. The first-order chi connectivity index (χ1) is 21.1. The topological polar surface area (TPSA) is 73.9 Å². The molecule has 2 aromatic heterocycles. The van der Waals surface area contributed by atoms with E-state index >= 15 is 0 Å². The second-order valence-corrected chi connectivity index (χ2v) is 11.5. The Morgan fingerprint density at radius 1 is 0.535 bits per heavy atom. The molecule has 4 aromatic carbocycles. The second kappa shape index (κ2) is 8.75. The van der Waals surface area contributed by atoms with Gasteiger partial charge in [-0.2, -0.15) is 0 Å². The summed E-state index contributed by atoms with van der Waals surface area (Å²) in [5.41, 5.74) is 4.57. The van der Waals surface area contributed by atoms with Gasteiger partial charge >= 0.3 is 0 Å². The highest BCUT2D eigenvalue weighted by Gasteiger charge is 2.35. The van der Waals surface area contributed by atoms with Gasteiger partial charge < -0.3 is 30.0 Å². The Hall–Kier alpha value is -5.50. The Balaban J connectivity index is 1.36. The summed E-state index contributed by atoms with van der Waals surface area (Å²) in [5.74, 6) is 5.60. The molecule has 9 rings (SSSR count). The van der Waals surface area contributed by atoms with Crippen LogP contribution >= 0.6 is 0 Å². The Labute approximate surface area is 249 Å². The number of aliphatic imine (C=N–C) groups is 2. The lowest BCUT2D eigenvalue weighted by Gasteiger charge is -2.26. The second-order valence-electron chi connectivity index (χ2n) is 11.5. The number of nitrogens with zero attached hydrogens (tertiary/aromatic N) is 5. The van der Waals surface area contributed by atoms with Crippen LogP contribution in [0.15, 0.2) is 107 Å². The van der Waals surface area contributed by atoms with E-state index in [1.54, 1.807) is 0 Å². The summed E-state index contributed by atoms with van der Waals surface area (Å²) < 4.78 is 4.36. The lowest BCUT2D eigenvalue weighted by atomic mass is 10.1. The van der Waals surface area contributed by atoms with Gasteiger partial charge in [0, 0.05) is 64.9 Å². The lowest BCUT2D eigenvalue weighted by Crippen LogP contribution is -2.30. The van der Waals surface area contributed by atoms with Crippen LogP contribution in [-0.2, 0) is 14.1 Å². The van der Waals surface area contributed by atoms with Gasteiger partial charge in [-0.15, -0.1) is 0 Å². The first-order valence-electron chi connectivity index (χ1n) is 14.6. The summed E-state index contributed by atoms with van der Waals surface area (Å²) in [6.45, 7) is 0. The van der Waals surface area contributed by atoms with E-state index in [0.29, 0.717) is 0 Å². The van der Waals surface area contributed by atoms with Crippen molar-refractivity contribution in [3.63, 3.8) is 0 Å². The van der Waals surface area contributed by atoms with Gasteiger partial charge in [0.15, 0.2) is 0 Å². The van der Waals surface area contributed by atoms with Crippen LogP contribution in [0.1, 0.15) is 34.6 Å². The van der Waals surface area contributed by atoms with E-state index < -0.39 is 0 Å². The largest absolute Gasteiger partial charge is 0.347 e. The zero-order valence-corrected chi connectivity index (χ0v) is 24.1. The lowest BCUT2D eigenvalue weighted by molar-refractivity contribution is 0.432. The highest BCUT2D eigenvalue weighted by Crippen LogP contribution is 2.43. The van der Waals surface area contributed by atoms with Gasteiger partial charge in [-0.3, -0.25) is 0 Å². The van der Waals surface area contributed by atoms with Crippen LogP contribution < -0.4 is 16.0 Å². The first-order valence-corrected chi connectivity index (χ1v) is 14.6. The predicted octanol–water partition coefficient (Wildman–Crippen LogP) is 6.91. The third-order valence-corrected chi connectivity index (χ3v) is 9.16. The average Bonchev–Trinajstić information content (AvgIpc) is 3.69. The monoisotopic (exact) mass is 562 g/mol. The van der Waals surface area contributed by atoms with E-state index in [1.165, 1.54) is 5.56 Å². The molecule has 8 heteroatoms. The van der Waals surface area contributed by atoms with E-state index in [9.17, 15) is 0 Å². The third-order valence-electron chi connectivity index (χ3n) is 9.16.